The Morgan fingerprint density at radius 2 is 1.66 bits per heavy atom. The van der Waals surface area contributed by atoms with Gasteiger partial charge < -0.3 is 23.8 Å². The largest absolute Gasteiger partial charge is 0.496 e. The fraction of sp³-hybridized carbons (Fsp3) is 0.442. The van der Waals surface area contributed by atoms with Gasteiger partial charge in [-0.25, -0.2) is 0 Å². The van der Waals surface area contributed by atoms with Crippen molar-refractivity contribution in [2.75, 3.05) is 47.4 Å². The zero-order chi connectivity index (χ0) is 39.3. The van der Waals surface area contributed by atoms with Crippen LogP contribution in [-0.2, 0) is 23.2 Å². The molecule has 13 heteroatoms. The van der Waals surface area contributed by atoms with E-state index < -0.39 is 23.8 Å². The summed E-state index contributed by atoms with van der Waals surface area (Å²) >= 11 is 0. The molecule has 2 aromatic heterocycles. The maximum absolute atomic E-state index is 13.4. The molecule has 2 atom stereocenters. The number of methoxy groups -OCH3 is 2. The molecule has 0 radical (unpaired) electrons. The number of aromatic nitrogens is 2. The van der Waals surface area contributed by atoms with E-state index in [1.165, 1.54) is 0 Å². The molecule has 2 unspecified atom stereocenters. The minimum absolute atomic E-state index is 0.0930. The quantitative estimate of drug-likeness (QED) is 0.162. The molecular weight excluding hydrogens is 713 g/mol. The number of ether oxygens (including phenoxy) is 2. The van der Waals surface area contributed by atoms with E-state index >= 15 is 0 Å². The molecule has 3 fully saturated rings. The number of nitrogens with zero attached hydrogens (tertiary/aromatic N) is 5. The van der Waals surface area contributed by atoms with Crippen molar-refractivity contribution in [1.82, 2.24) is 29.6 Å². The number of piperidine rings is 1. The Kier molecular flexibility index (Phi) is 10.00. The van der Waals surface area contributed by atoms with E-state index in [1.54, 1.807) is 44.3 Å². The number of benzene rings is 2. The van der Waals surface area contributed by atoms with Crippen LogP contribution >= 0.6 is 0 Å². The van der Waals surface area contributed by atoms with Crippen LogP contribution in [0.25, 0.3) is 21.9 Å². The number of likely N-dealkylation sites (tertiary alicyclic amines) is 1. The first-order valence-electron chi connectivity index (χ1n) is 19.4. The van der Waals surface area contributed by atoms with Crippen molar-refractivity contribution in [3.8, 4) is 22.6 Å². The average molecular weight is 761 g/mol. The molecule has 3 aliphatic heterocycles. The number of amides is 4. The summed E-state index contributed by atoms with van der Waals surface area (Å²) in [6.07, 6.45) is 10.8. The molecule has 2 saturated heterocycles. The molecule has 0 bridgehead atoms. The van der Waals surface area contributed by atoms with E-state index in [4.69, 9.17) is 9.47 Å². The van der Waals surface area contributed by atoms with Crippen LogP contribution in [0.3, 0.4) is 0 Å². The second-order valence-corrected chi connectivity index (χ2v) is 16.1. The third kappa shape index (κ3) is 6.76. The Bertz CT molecular complexity index is 2290. The van der Waals surface area contributed by atoms with E-state index in [0.29, 0.717) is 29.0 Å². The molecule has 1 spiro atoms. The van der Waals surface area contributed by atoms with Crippen LogP contribution in [0.2, 0.25) is 0 Å². The van der Waals surface area contributed by atoms with Gasteiger partial charge in [0.15, 0.2) is 0 Å². The number of fused-ring (bicyclic) bond motifs is 2. The first kappa shape index (κ1) is 37.5. The minimum atomic E-state index is -0.954. The summed E-state index contributed by atoms with van der Waals surface area (Å²) in [6, 6.07) is 10.5. The van der Waals surface area contributed by atoms with E-state index in [1.807, 2.05) is 36.5 Å². The number of pyridine rings is 2. The Balaban J connectivity index is 0.828. The van der Waals surface area contributed by atoms with E-state index in [-0.39, 0.29) is 29.7 Å². The number of carbonyl (C=O) groups excluding carboxylic acids is 4. The predicted octanol–water partition coefficient (Wildman–Crippen LogP) is 4.50. The van der Waals surface area contributed by atoms with Gasteiger partial charge in [0.1, 0.15) is 17.5 Å². The second kappa shape index (κ2) is 14.9. The number of carbonyl (C=O) groups is 4. The van der Waals surface area contributed by atoms with Crippen molar-refractivity contribution < 1.29 is 28.7 Å². The van der Waals surface area contributed by atoms with Crippen LogP contribution in [0.1, 0.15) is 82.7 Å². The second-order valence-electron chi connectivity index (χ2n) is 16.1. The smallest absolute Gasteiger partial charge is 0.262 e. The molecular formula is C43H48N6O7. The minimum Gasteiger partial charge on any atom is -0.496 e. The zero-order valence-electron chi connectivity index (χ0n) is 32.4. The number of aryl methyl sites for hydroxylation is 1. The van der Waals surface area contributed by atoms with Crippen LogP contribution in [0.4, 0.5) is 0 Å². The molecule has 13 nitrogen and oxygen atoms in total. The van der Waals surface area contributed by atoms with E-state index in [0.717, 1.165) is 102 Å². The van der Waals surface area contributed by atoms with Gasteiger partial charge in [-0.2, -0.15) is 0 Å². The summed E-state index contributed by atoms with van der Waals surface area (Å²) in [6.45, 7) is 4.79. The number of imide groups is 2. The SMILES string of the molecule is COc1cc(-c2cn(C)c(=O)c3cnccc23)cc(OC)c1CN(C)CCCCN1CC2(CCC(c3ccc4c(c3)C(=O)N(C3CCC(=O)NC3=O)C4=O)C2)C1. The first-order valence-corrected chi connectivity index (χ1v) is 19.4. The topological polar surface area (TPSA) is 143 Å². The molecule has 4 aliphatic rings. The Morgan fingerprint density at radius 1 is 0.911 bits per heavy atom. The van der Waals surface area contributed by atoms with Crippen molar-refractivity contribution in [2.24, 2.45) is 12.5 Å². The number of unbranched alkanes of at least 4 members (excludes halogenated alkanes) is 1. The van der Waals surface area contributed by atoms with Gasteiger partial charge in [0.25, 0.3) is 17.4 Å². The van der Waals surface area contributed by atoms with Gasteiger partial charge in [-0.1, -0.05) is 6.07 Å². The van der Waals surface area contributed by atoms with E-state index in [2.05, 4.69) is 27.1 Å². The monoisotopic (exact) mass is 760 g/mol. The van der Waals surface area contributed by atoms with Crippen LogP contribution < -0.4 is 20.3 Å². The molecule has 1 N–H and O–H groups in total. The molecule has 4 aromatic rings. The number of rotatable bonds is 12. The van der Waals surface area contributed by atoms with Crippen LogP contribution in [0, 0.1) is 5.41 Å². The maximum atomic E-state index is 13.4. The molecule has 1 aliphatic carbocycles. The highest BCUT2D eigenvalue weighted by atomic mass is 16.5. The van der Waals surface area contributed by atoms with Crippen LogP contribution in [0.15, 0.2) is 59.8 Å². The van der Waals surface area contributed by atoms with Crippen molar-refractivity contribution in [2.45, 2.75) is 63.5 Å². The van der Waals surface area contributed by atoms with Gasteiger partial charge in [-0.15, -0.1) is 0 Å². The molecule has 2 aromatic carbocycles. The summed E-state index contributed by atoms with van der Waals surface area (Å²) < 4.78 is 13.4. The first-order chi connectivity index (χ1) is 27.0. The summed E-state index contributed by atoms with van der Waals surface area (Å²) in [5.41, 5.74) is 4.74. The van der Waals surface area contributed by atoms with Gasteiger partial charge in [0.05, 0.1) is 36.3 Å². The summed E-state index contributed by atoms with van der Waals surface area (Å²) in [5.74, 6) is -0.0935. The number of hydrogen-bond acceptors (Lipinski definition) is 10. The lowest BCUT2D eigenvalue weighted by atomic mass is 9.77. The molecule has 4 amide bonds. The fourth-order valence-electron chi connectivity index (χ4n) is 9.49. The Hall–Kier alpha value is -5.40. The molecule has 1 saturated carbocycles. The van der Waals surface area contributed by atoms with Crippen LogP contribution in [0.5, 0.6) is 11.5 Å². The van der Waals surface area contributed by atoms with Gasteiger partial charge >= 0.3 is 0 Å². The molecule has 292 valence electrons. The third-order valence-electron chi connectivity index (χ3n) is 12.4. The third-order valence-corrected chi connectivity index (χ3v) is 12.4. The summed E-state index contributed by atoms with van der Waals surface area (Å²) in [4.78, 5) is 73.4. The molecule has 5 heterocycles. The lowest BCUT2D eigenvalue weighted by Gasteiger charge is -2.49. The Labute approximate surface area is 325 Å². The number of hydrogen-bond donors (Lipinski definition) is 1. The van der Waals surface area contributed by atoms with Gasteiger partial charge in [-0.05, 0) is 117 Å². The van der Waals surface area contributed by atoms with E-state index in [9.17, 15) is 24.0 Å². The van der Waals surface area contributed by atoms with Crippen molar-refractivity contribution in [1.29, 1.82) is 0 Å². The van der Waals surface area contributed by atoms with Gasteiger partial charge in [0.2, 0.25) is 11.8 Å². The zero-order valence-corrected chi connectivity index (χ0v) is 32.4. The highest BCUT2D eigenvalue weighted by molar-refractivity contribution is 6.23. The van der Waals surface area contributed by atoms with Gasteiger partial charge in [0, 0.05) is 57.3 Å². The average Bonchev–Trinajstić information content (AvgIpc) is 3.73. The van der Waals surface area contributed by atoms with Gasteiger partial charge in [-0.3, -0.25) is 39.2 Å². The number of nitrogens with one attached hydrogen (secondary N) is 1. The molecule has 56 heavy (non-hydrogen) atoms. The lowest BCUT2D eigenvalue weighted by molar-refractivity contribution is -0.136. The maximum Gasteiger partial charge on any atom is 0.262 e. The van der Waals surface area contributed by atoms with Crippen molar-refractivity contribution in [3.05, 3.63) is 87.6 Å². The van der Waals surface area contributed by atoms with Crippen LogP contribution in [-0.4, -0.2) is 101 Å². The highest BCUT2D eigenvalue weighted by Gasteiger charge is 2.49. The normalized spacial score (nSPS) is 20.6. The molecule has 8 rings (SSSR count). The van der Waals surface area contributed by atoms with Crippen molar-refractivity contribution >= 4 is 34.4 Å². The highest BCUT2D eigenvalue weighted by Crippen LogP contribution is 2.52. The fourth-order valence-corrected chi connectivity index (χ4v) is 9.49. The summed E-state index contributed by atoms with van der Waals surface area (Å²) in [5, 5.41) is 3.65. The predicted molar refractivity (Wildman–Crippen MR) is 210 cm³/mol. The summed E-state index contributed by atoms with van der Waals surface area (Å²) in [7, 11) is 7.21. The van der Waals surface area contributed by atoms with Crippen molar-refractivity contribution in [3.63, 3.8) is 0 Å². The lowest BCUT2D eigenvalue weighted by Crippen LogP contribution is -2.55. The standard InChI is InChI=1S/C43H48N6O7/c1-46(22-34-36(55-3)18-28(19-37(34)56-4)33-23-47(2)40(52)32-21-44-14-12-29(32)33)15-5-6-16-48-24-43(25-48)13-11-27(20-43)26-7-8-30-31(17-26)42(54)49(41(30)53)35-9-10-38(50)45-39(35)51/h7-8,12,14,17-19,21,23,27,35H,5-6,9-11,13,15-16,20,22,24-25H2,1-4H3,(H,45,50,51). The Morgan fingerprint density at radius 3 is 2.39 bits per heavy atom.